The maximum atomic E-state index is 5.44. The van der Waals surface area contributed by atoms with Crippen LogP contribution in [0.1, 0.15) is 61.0 Å². The number of aryl methyl sites for hydroxylation is 2. The van der Waals surface area contributed by atoms with E-state index in [9.17, 15) is 0 Å². The van der Waals surface area contributed by atoms with Gasteiger partial charge in [-0.15, -0.1) is 0 Å². The van der Waals surface area contributed by atoms with Crippen LogP contribution >= 0.6 is 0 Å². The maximum Gasteiger partial charge on any atom is 0.191 e. The van der Waals surface area contributed by atoms with E-state index < -0.39 is 0 Å². The summed E-state index contributed by atoms with van der Waals surface area (Å²) in [6, 6.07) is 2.04. The third kappa shape index (κ3) is 4.61. The van der Waals surface area contributed by atoms with Gasteiger partial charge in [0.2, 0.25) is 0 Å². The van der Waals surface area contributed by atoms with E-state index in [-0.39, 0.29) is 0 Å². The average molecular weight is 346 g/mol. The van der Waals surface area contributed by atoms with Crippen molar-refractivity contribution in [2.75, 3.05) is 7.05 Å². The molecular weight excluding hydrogens is 316 g/mol. The first kappa shape index (κ1) is 19.0. The molecule has 0 spiro atoms. The zero-order valence-electron chi connectivity index (χ0n) is 16.2. The number of guanidine groups is 1. The van der Waals surface area contributed by atoms with E-state index in [4.69, 9.17) is 4.52 Å². The molecule has 0 aliphatic rings. The molecule has 0 atom stereocenters. The number of aliphatic imine (C=N–C) groups is 1. The van der Waals surface area contributed by atoms with Crippen LogP contribution in [-0.4, -0.2) is 27.9 Å². The van der Waals surface area contributed by atoms with Crippen molar-refractivity contribution in [1.29, 1.82) is 0 Å². The Labute approximate surface area is 149 Å². The molecule has 0 aliphatic carbocycles. The van der Waals surface area contributed by atoms with Gasteiger partial charge in [0.15, 0.2) is 11.7 Å². The highest BCUT2D eigenvalue weighted by atomic mass is 16.5. The van der Waals surface area contributed by atoms with Gasteiger partial charge in [-0.3, -0.25) is 9.67 Å². The number of aromatic nitrogens is 3. The van der Waals surface area contributed by atoms with Crippen molar-refractivity contribution in [2.24, 2.45) is 12.0 Å². The van der Waals surface area contributed by atoms with Gasteiger partial charge in [0.05, 0.1) is 17.9 Å². The highest BCUT2D eigenvalue weighted by molar-refractivity contribution is 5.79. The van der Waals surface area contributed by atoms with Crippen molar-refractivity contribution >= 4 is 5.96 Å². The number of nitrogens with zero attached hydrogens (tertiary/aromatic N) is 4. The lowest BCUT2D eigenvalue weighted by atomic mass is 9.99. The smallest absolute Gasteiger partial charge is 0.191 e. The molecule has 2 heterocycles. The van der Waals surface area contributed by atoms with Gasteiger partial charge in [0.1, 0.15) is 0 Å². The Morgan fingerprint density at radius 3 is 2.48 bits per heavy atom. The van der Waals surface area contributed by atoms with Gasteiger partial charge in [-0.1, -0.05) is 19.0 Å². The van der Waals surface area contributed by atoms with Crippen molar-refractivity contribution < 1.29 is 4.52 Å². The molecular formula is C18H30N6O. The Balaban J connectivity index is 1.90. The first-order valence-corrected chi connectivity index (χ1v) is 8.89. The summed E-state index contributed by atoms with van der Waals surface area (Å²) < 4.78 is 7.34. The van der Waals surface area contributed by atoms with Gasteiger partial charge >= 0.3 is 0 Å². The molecule has 2 N–H and O–H groups in total. The summed E-state index contributed by atoms with van der Waals surface area (Å²) in [6.45, 7) is 9.68. The van der Waals surface area contributed by atoms with Gasteiger partial charge in [-0.05, 0) is 26.7 Å². The Bertz CT molecular complexity index is 711. The Morgan fingerprint density at radius 2 is 1.92 bits per heavy atom. The second kappa shape index (κ2) is 8.69. The van der Waals surface area contributed by atoms with Crippen LogP contribution in [0.5, 0.6) is 0 Å². The molecule has 0 bridgehead atoms. The van der Waals surface area contributed by atoms with Crippen LogP contribution in [0.4, 0.5) is 0 Å². The normalized spacial score (nSPS) is 12.0. The third-order valence-corrected chi connectivity index (χ3v) is 4.73. The quantitative estimate of drug-likeness (QED) is 0.595. The van der Waals surface area contributed by atoms with Gasteiger partial charge < -0.3 is 15.2 Å². The molecule has 0 saturated carbocycles. The topological polar surface area (TPSA) is 80.3 Å². The van der Waals surface area contributed by atoms with Crippen LogP contribution in [0.3, 0.4) is 0 Å². The summed E-state index contributed by atoms with van der Waals surface area (Å²) in [4.78, 5) is 4.26. The molecule has 0 aromatic carbocycles. The number of hydrogen-bond donors (Lipinski definition) is 2. The average Bonchev–Trinajstić information content (AvgIpc) is 3.15. The van der Waals surface area contributed by atoms with E-state index in [2.05, 4.69) is 46.7 Å². The van der Waals surface area contributed by atoms with Crippen molar-refractivity contribution in [1.82, 2.24) is 25.6 Å². The summed E-state index contributed by atoms with van der Waals surface area (Å²) in [6.07, 6.45) is 2.14. The van der Waals surface area contributed by atoms with Gasteiger partial charge in [-0.25, -0.2) is 0 Å². The van der Waals surface area contributed by atoms with Crippen LogP contribution in [0.2, 0.25) is 0 Å². The largest absolute Gasteiger partial charge is 0.359 e. The van der Waals surface area contributed by atoms with Crippen molar-refractivity contribution in [3.63, 3.8) is 0 Å². The van der Waals surface area contributed by atoms with E-state index in [1.54, 1.807) is 7.05 Å². The molecule has 0 amide bonds. The molecule has 0 saturated heterocycles. The molecule has 0 fully saturated rings. The third-order valence-electron chi connectivity index (χ3n) is 4.73. The Morgan fingerprint density at radius 1 is 1.24 bits per heavy atom. The molecule has 2 aromatic heterocycles. The fraction of sp³-hybridized carbons (Fsp3) is 0.611. The highest BCUT2D eigenvalue weighted by Gasteiger charge is 2.13. The highest BCUT2D eigenvalue weighted by Crippen LogP contribution is 2.22. The molecule has 2 aromatic rings. The van der Waals surface area contributed by atoms with Crippen molar-refractivity contribution in [3.05, 3.63) is 34.5 Å². The van der Waals surface area contributed by atoms with Crippen LogP contribution in [0.25, 0.3) is 0 Å². The monoisotopic (exact) mass is 346 g/mol. The Kier molecular flexibility index (Phi) is 6.61. The van der Waals surface area contributed by atoms with Crippen LogP contribution in [0, 0.1) is 13.8 Å². The minimum atomic E-state index is 0.464. The summed E-state index contributed by atoms with van der Waals surface area (Å²) in [5.74, 6) is 2.01. The van der Waals surface area contributed by atoms with E-state index in [0.717, 1.165) is 41.6 Å². The van der Waals surface area contributed by atoms with Gasteiger partial charge in [0, 0.05) is 43.9 Å². The van der Waals surface area contributed by atoms with Crippen molar-refractivity contribution in [3.8, 4) is 0 Å². The lowest BCUT2D eigenvalue weighted by Crippen LogP contribution is -2.36. The molecule has 0 aliphatic heterocycles. The van der Waals surface area contributed by atoms with E-state index in [0.29, 0.717) is 19.0 Å². The maximum absolute atomic E-state index is 5.44. The summed E-state index contributed by atoms with van der Waals surface area (Å²) in [7, 11) is 3.72. The Hall–Kier alpha value is -2.31. The minimum Gasteiger partial charge on any atom is -0.359 e. The zero-order valence-corrected chi connectivity index (χ0v) is 16.2. The number of nitrogens with one attached hydrogen (secondary N) is 2. The molecule has 7 nitrogen and oxygen atoms in total. The SMILES string of the molecule is CCC(CC)c1cc(CNC(=NC)NCc2c(C)nn(C)c2C)on1. The van der Waals surface area contributed by atoms with Gasteiger partial charge in [-0.2, -0.15) is 5.10 Å². The number of rotatable bonds is 7. The van der Waals surface area contributed by atoms with Crippen molar-refractivity contribution in [2.45, 2.75) is 59.5 Å². The first-order valence-electron chi connectivity index (χ1n) is 8.89. The van der Waals surface area contributed by atoms with E-state index >= 15 is 0 Å². The summed E-state index contributed by atoms with van der Waals surface area (Å²) in [5.41, 5.74) is 4.42. The minimum absolute atomic E-state index is 0.464. The van der Waals surface area contributed by atoms with E-state index in [1.807, 2.05) is 24.7 Å². The number of hydrogen-bond acceptors (Lipinski definition) is 4. The van der Waals surface area contributed by atoms with Crippen LogP contribution < -0.4 is 10.6 Å². The standard InChI is InChI=1S/C18H30N6O/c1-7-14(8-2)17-9-15(25-23-17)10-20-18(19-5)21-11-16-12(3)22-24(6)13(16)4/h9,14H,7-8,10-11H2,1-6H3,(H2,19,20,21). The fourth-order valence-corrected chi connectivity index (χ4v) is 2.95. The summed E-state index contributed by atoms with van der Waals surface area (Å²) in [5, 5.41) is 15.2. The molecule has 7 heteroatoms. The van der Waals surface area contributed by atoms with Crippen LogP contribution in [0.15, 0.2) is 15.6 Å². The van der Waals surface area contributed by atoms with Gasteiger partial charge in [0.25, 0.3) is 0 Å². The second-order valence-corrected chi connectivity index (χ2v) is 6.28. The lowest BCUT2D eigenvalue weighted by molar-refractivity contribution is 0.368. The summed E-state index contributed by atoms with van der Waals surface area (Å²) >= 11 is 0. The predicted molar refractivity (Wildman–Crippen MR) is 99.5 cm³/mol. The first-order chi connectivity index (χ1) is 12.0. The molecule has 0 unspecified atom stereocenters. The lowest BCUT2D eigenvalue weighted by Gasteiger charge is -2.11. The fourth-order valence-electron chi connectivity index (χ4n) is 2.95. The van der Waals surface area contributed by atoms with E-state index in [1.165, 1.54) is 5.56 Å². The zero-order chi connectivity index (χ0) is 18.4. The molecule has 0 radical (unpaired) electrons. The molecule has 138 valence electrons. The molecule has 2 rings (SSSR count). The van der Waals surface area contributed by atoms with Crippen LogP contribution in [-0.2, 0) is 20.1 Å². The second-order valence-electron chi connectivity index (χ2n) is 6.28. The molecule has 25 heavy (non-hydrogen) atoms. The predicted octanol–water partition coefficient (Wildman–Crippen LogP) is 2.79.